The lowest BCUT2D eigenvalue weighted by atomic mass is 9.98. The molecule has 1 atom stereocenters. The zero-order valence-electron chi connectivity index (χ0n) is 11.5. The third kappa shape index (κ3) is 2.67. The minimum atomic E-state index is 0.215. The fourth-order valence-electron chi connectivity index (χ4n) is 2.95. The number of hydrogen-bond acceptors (Lipinski definition) is 3. The van der Waals surface area contributed by atoms with Crippen LogP contribution in [0.1, 0.15) is 18.0 Å². The Morgan fingerprint density at radius 1 is 1.10 bits per heavy atom. The lowest BCUT2D eigenvalue weighted by Crippen LogP contribution is -2.45. The Morgan fingerprint density at radius 3 is 2.60 bits per heavy atom. The van der Waals surface area contributed by atoms with Gasteiger partial charge in [-0.05, 0) is 22.4 Å². The molecule has 1 fully saturated rings. The molecule has 1 aliphatic rings. The normalized spacial score (nSPS) is 17.8. The van der Waals surface area contributed by atoms with Crippen molar-refractivity contribution in [3.05, 3.63) is 48.0 Å². The molecule has 2 aromatic carbocycles. The molecule has 102 valence electrons. The topological polar surface area (TPSA) is 39.1 Å². The molecule has 0 unspecified atom stereocenters. The number of hydrogen-bond donors (Lipinski definition) is 1. The van der Waals surface area contributed by atoms with Crippen LogP contribution in [-0.2, 0) is 0 Å². The summed E-state index contributed by atoms with van der Waals surface area (Å²) in [5, 5.41) is 15.0. The van der Waals surface area contributed by atoms with Crippen LogP contribution in [-0.4, -0.2) is 31.1 Å². The summed E-state index contributed by atoms with van der Waals surface area (Å²) in [4.78, 5) is 2.42. The first-order chi connectivity index (χ1) is 9.88. The maximum atomic E-state index is 9.15. The summed E-state index contributed by atoms with van der Waals surface area (Å²) in [6, 6.07) is 17.5. The highest BCUT2D eigenvalue weighted by atomic mass is 15.2. The summed E-state index contributed by atoms with van der Waals surface area (Å²) in [5.41, 5.74) is 1.26. The summed E-state index contributed by atoms with van der Waals surface area (Å²) in [5.74, 6) is 0. The van der Waals surface area contributed by atoms with Gasteiger partial charge in [-0.15, -0.1) is 0 Å². The predicted molar refractivity (Wildman–Crippen MR) is 81.4 cm³/mol. The predicted octanol–water partition coefficient (Wildman–Crippen LogP) is 2.70. The average Bonchev–Trinajstić information content (AvgIpc) is 2.53. The first-order valence-corrected chi connectivity index (χ1v) is 7.19. The van der Waals surface area contributed by atoms with Crippen molar-refractivity contribution >= 4 is 10.8 Å². The van der Waals surface area contributed by atoms with Gasteiger partial charge in [0, 0.05) is 32.2 Å². The first kappa shape index (κ1) is 13.1. The molecule has 0 saturated carbocycles. The van der Waals surface area contributed by atoms with Crippen molar-refractivity contribution in [2.75, 3.05) is 26.2 Å². The molecule has 3 heteroatoms. The summed E-state index contributed by atoms with van der Waals surface area (Å²) in [6.45, 7) is 4.05. The minimum Gasteiger partial charge on any atom is -0.314 e. The molecule has 0 aliphatic carbocycles. The van der Waals surface area contributed by atoms with Gasteiger partial charge in [-0.2, -0.15) is 5.26 Å². The third-order valence-corrected chi connectivity index (χ3v) is 4.04. The van der Waals surface area contributed by atoms with Crippen molar-refractivity contribution in [2.45, 2.75) is 12.5 Å². The van der Waals surface area contributed by atoms with Gasteiger partial charge in [0.05, 0.1) is 12.5 Å². The first-order valence-electron chi connectivity index (χ1n) is 7.19. The van der Waals surface area contributed by atoms with Gasteiger partial charge in [0.15, 0.2) is 0 Å². The summed E-state index contributed by atoms with van der Waals surface area (Å²) < 4.78 is 0. The zero-order valence-corrected chi connectivity index (χ0v) is 11.5. The standard InChI is InChI=1S/C17H19N3/c18-8-7-17(20-11-9-19-10-12-20)16-6-5-14-3-1-2-4-15(14)13-16/h1-6,13,17,19H,7,9-12H2/t17-/m1/s1. The number of nitrogens with zero attached hydrogens (tertiary/aromatic N) is 2. The van der Waals surface area contributed by atoms with Crippen LogP contribution in [0.15, 0.2) is 42.5 Å². The van der Waals surface area contributed by atoms with Crippen LogP contribution >= 0.6 is 0 Å². The number of nitriles is 1. The molecular formula is C17H19N3. The number of benzene rings is 2. The van der Waals surface area contributed by atoms with E-state index < -0.39 is 0 Å². The summed E-state index contributed by atoms with van der Waals surface area (Å²) >= 11 is 0. The largest absolute Gasteiger partial charge is 0.314 e. The molecule has 1 aliphatic heterocycles. The lowest BCUT2D eigenvalue weighted by molar-refractivity contribution is 0.176. The fourth-order valence-corrected chi connectivity index (χ4v) is 2.95. The van der Waals surface area contributed by atoms with Crippen molar-refractivity contribution in [1.82, 2.24) is 10.2 Å². The van der Waals surface area contributed by atoms with E-state index in [1.165, 1.54) is 16.3 Å². The Hall–Kier alpha value is -1.89. The maximum Gasteiger partial charge on any atom is 0.0641 e. The molecule has 0 amide bonds. The van der Waals surface area contributed by atoms with Gasteiger partial charge in [-0.1, -0.05) is 36.4 Å². The van der Waals surface area contributed by atoms with Gasteiger partial charge in [-0.25, -0.2) is 0 Å². The second-order valence-corrected chi connectivity index (χ2v) is 5.27. The van der Waals surface area contributed by atoms with Crippen molar-refractivity contribution in [3.63, 3.8) is 0 Å². The van der Waals surface area contributed by atoms with E-state index in [1.54, 1.807) is 0 Å². The molecule has 1 heterocycles. The van der Waals surface area contributed by atoms with Crippen LogP contribution in [0, 0.1) is 11.3 Å². The highest BCUT2D eigenvalue weighted by Gasteiger charge is 2.21. The van der Waals surface area contributed by atoms with E-state index in [0.717, 1.165) is 26.2 Å². The van der Waals surface area contributed by atoms with Crippen LogP contribution in [0.4, 0.5) is 0 Å². The van der Waals surface area contributed by atoms with Gasteiger partial charge in [0.1, 0.15) is 0 Å². The van der Waals surface area contributed by atoms with Crippen LogP contribution in [0.2, 0.25) is 0 Å². The van der Waals surface area contributed by atoms with Crippen LogP contribution < -0.4 is 5.32 Å². The Labute approximate surface area is 119 Å². The molecular weight excluding hydrogens is 246 g/mol. The molecule has 3 nitrogen and oxygen atoms in total. The van der Waals surface area contributed by atoms with E-state index in [9.17, 15) is 0 Å². The Bertz CT molecular complexity index is 623. The molecule has 1 N–H and O–H groups in total. The van der Waals surface area contributed by atoms with Crippen molar-refractivity contribution in [1.29, 1.82) is 5.26 Å². The summed E-state index contributed by atoms with van der Waals surface area (Å²) in [6.07, 6.45) is 0.554. The van der Waals surface area contributed by atoms with Gasteiger partial charge < -0.3 is 5.32 Å². The zero-order chi connectivity index (χ0) is 13.8. The molecule has 20 heavy (non-hydrogen) atoms. The Balaban J connectivity index is 1.93. The molecule has 0 spiro atoms. The van der Waals surface area contributed by atoms with Gasteiger partial charge in [0.25, 0.3) is 0 Å². The van der Waals surface area contributed by atoms with Crippen LogP contribution in [0.5, 0.6) is 0 Å². The molecule has 1 saturated heterocycles. The summed E-state index contributed by atoms with van der Waals surface area (Å²) in [7, 11) is 0. The SMILES string of the molecule is N#CC[C@H](c1ccc2ccccc2c1)N1CCNCC1. The highest BCUT2D eigenvalue weighted by molar-refractivity contribution is 5.83. The maximum absolute atomic E-state index is 9.15. The van der Waals surface area contributed by atoms with E-state index in [2.05, 4.69) is 58.8 Å². The second-order valence-electron chi connectivity index (χ2n) is 5.27. The van der Waals surface area contributed by atoms with Crippen molar-refractivity contribution < 1.29 is 0 Å². The number of piperazine rings is 1. The number of fused-ring (bicyclic) bond motifs is 1. The molecule has 0 bridgehead atoms. The molecule has 3 rings (SSSR count). The van der Waals surface area contributed by atoms with Crippen LogP contribution in [0.25, 0.3) is 10.8 Å². The molecule has 0 aromatic heterocycles. The second kappa shape index (κ2) is 6.04. The van der Waals surface area contributed by atoms with E-state index in [0.29, 0.717) is 6.42 Å². The van der Waals surface area contributed by atoms with E-state index >= 15 is 0 Å². The van der Waals surface area contributed by atoms with E-state index in [1.807, 2.05) is 0 Å². The fraction of sp³-hybridized carbons (Fsp3) is 0.353. The highest BCUT2D eigenvalue weighted by Crippen LogP contribution is 2.27. The quantitative estimate of drug-likeness (QED) is 0.927. The molecule has 2 aromatic rings. The average molecular weight is 265 g/mol. The molecule has 0 radical (unpaired) electrons. The third-order valence-electron chi connectivity index (χ3n) is 4.04. The van der Waals surface area contributed by atoms with E-state index in [-0.39, 0.29) is 6.04 Å². The number of nitrogens with one attached hydrogen (secondary N) is 1. The van der Waals surface area contributed by atoms with Gasteiger partial charge in [-0.3, -0.25) is 4.90 Å². The lowest BCUT2D eigenvalue weighted by Gasteiger charge is -2.34. The van der Waals surface area contributed by atoms with Crippen LogP contribution in [0.3, 0.4) is 0 Å². The monoisotopic (exact) mass is 265 g/mol. The van der Waals surface area contributed by atoms with Crippen molar-refractivity contribution in [2.24, 2.45) is 0 Å². The van der Waals surface area contributed by atoms with Crippen molar-refractivity contribution in [3.8, 4) is 6.07 Å². The van der Waals surface area contributed by atoms with Gasteiger partial charge >= 0.3 is 0 Å². The Kier molecular flexibility index (Phi) is 3.96. The smallest absolute Gasteiger partial charge is 0.0641 e. The van der Waals surface area contributed by atoms with Gasteiger partial charge in [0.2, 0.25) is 0 Å². The number of rotatable bonds is 3. The van der Waals surface area contributed by atoms with E-state index in [4.69, 9.17) is 5.26 Å². The minimum absolute atomic E-state index is 0.215. The Morgan fingerprint density at radius 2 is 1.85 bits per heavy atom.